The summed E-state index contributed by atoms with van der Waals surface area (Å²) in [6.45, 7) is 2.08. The quantitative estimate of drug-likeness (QED) is 0.180. The van der Waals surface area contributed by atoms with Gasteiger partial charge in [-0.3, -0.25) is 9.59 Å². The summed E-state index contributed by atoms with van der Waals surface area (Å²) >= 11 is 1.49. The van der Waals surface area contributed by atoms with Gasteiger partial charge in [0.15, 0.2) is 0 Å². The van der Waals surface area contributed by atoms with Gasteiger partial charge in [0, 0.05) is 33.5 Å². The van der Waals surface area contributed by atoms with Gasteiger partial charge in [-0.25, -0.2) is 4.79 Å². The number of esters is 1. The average Bonchev–Trinajstić information content (AvgIpc) is 2.95. The summed E-state index contributed by atoms with van der Waals surface area (Å²) in [6, 6.07) is 21.0. The number of amides is 2. The summed E-state index contributed by atoms with van der Waals surface area (Å²) < 4.78 is 15.6. The van der Waals surface area contributed by atoms with E-state index >= 15 is 0 Å². The van der Waals surface area contributed by atoms with E-state index in [-0.39, 0.29) is 11.7 Å². The molecule has 202 valence electrons. The predicted octanol–water partition coefficient (Wildman–Crippen LogP) is 5.32. The summed E-state index contributed by atoms with van der Waals surface area (Å²) in [4.78, 5) is 38.7. The Balaban J connectivity index is 1.83. The molecule has 0 saturated heterocycles. The molecule has 8 nitrogen and oxygen atoms in total. The van der Waals surface area contributed by atoms with Crippen molar-refractivity contribution in [1.29, 1.82) is 0 Å². The number of methoxy groups -OCH3 is 2. The lowest BCUT2D eigenvalue weighted by atomic mass is 10.1. The second kappa shape index (κ2) is 15.0. The molecule has 0 aliphatic rings. The highest BCUT2D eigenvalue weighted by molar-refractivity contribution is 7.99. The fourth-order valence-electron chi connectivity index (χ4n) is 3.39. The van der Waals surface area contributed by atoms with Crippen LogP contribution in [0.2, 0.25) is 0 Å². The molecule has 39 heavy (non-hydrogen) atoms. The van der Waals surface area contributed by atoms with Gasteiger partial charge in [0.05, 0.1) is 20.8 Å². The molecule has 0 radical (unpaired) electrons. The first-order valence-electron chi connectivity index (χ1n) is 12.1. The molecule has 0 fully saturated rings. The van der Waals surface area contributed by atoms with Crippen LogP contribution in [-0.2, 0) is 14.3 Å². The Labute approximate surface area is 232 Å². The van der Waals surface area contributed by atoms with Crippen LogP contribution in [0.5, 0.6) is 11.5 Å². The lowest BCUT2D eigenvalue weighted by Crippen LogP contribution is -2.30. The summed E-state index contributed by atoms with van der Waals surface area (Å²) in [5, 5.41) is 5.58. The van der Waals surface area contributed by atoms with Crippen LogP contribution in [0.25, 0.3) is 6.08 Å². The third-order valence-corrected chi connectivity index (χ3v) is 6.19. The molecule has 9 heteroatoms. The monoisotopic (exact) mass is 546 g/mol. The second-order valence-corrected chi connectivity index (χ2v) is 9.03. The van der Waals surface area contributed by atoms with Crippen LogP contribution in [0.15, 0.2) is 95.5 Å². The van der Waals surface area contributed by atoms with Gasteiger partial charge in [-0.05, 0) is 61.5 Å². The fraction of sp³-hybridized carbons (Fsp3) is 0.167. The van der Waals surface area contributed by atoms with Crippen LogP contribution in [-0.4, -0.2) is 44.4 Å². The molecule has 2 amide bonds. The number of benzene rings is 3. The molecule has 0 bridgehead atoms. The van der Waals surface area contributed by atoms with Crippen LogP contribution in [0.4, 0.5) is 5.69 Å². The van der Waals surface area contributed by atoms with E-state index in [0.717, 1.165) is 4.90 Å². The standard InChI is InChI=1S/C30H30N2O6S/c1-4-38-28(33)14-9-17-39-25-13-8-12-23(20-25)31-30(35)26(32-29(34)21-10-6-5-7-11-21)19-22-18-24(36-2)15-16-27(22)37-3/h5-16,18-20H,4,17H2,1-3H3,(H,31,35)(H,32,34)/b14-9+,26-19+. The van der Waals surface area contributed by atoms with E-state index in [1.54, 1.807) is 67.6 Å². The van der Waals surface area contributed by atoms with Crippen molar-refractivity contribution in [1.82, 2.24) is 5.32 Å². The van der Waals surface area contributed by atoms with E-state index in [2.05, 4.69) is 10.6 Å². The SMILES string of the molecule is CCOC(=O)/C=C/CSc1cccc(NC(=O)/C(=C\c2cc(OC)ccc2OC)NC(=O)c2ccccc2)c1. The molecule has 0 aliphatic carbocycles. The molecule has 3 aromatic carbocycles. The van der Waals surface area contributed by atoms with Crippen molar-refractivity contribution in [2.24, 2.45) is 0 Å². The third-order valence-electron chi connectivity index (χ3n) is 5.24. The van der Waals surface area contributed by atoms with Crippen molar-refractivity contribution in [2.75, 3.05) is 31.9 Å². The number of carbonyl (C=O) groups excluding carboxylic acids is 3. The summed E-state index contributed by atoms with van der Waals surface area (Å²) in [5.41, 5.74) is 1.51. The van der Waals surface area contributed by atoms with Gasteiger partial charge in [-0.2, -0.15) is 0 Å². The van der Waals surface area contributed by atoms with Gasteiger partial charge in [0.2, 0.25) is 0 Å². The normalized spacial score (nSPS) is 11.1. The highest BCUT2D eigenvalue weighted by Gasteiger charge is 2.17. The number of thioether (sulfide) groups is 1. The Morgan fingerprint density at radius 3 is 2.44 bits per heavy atom. The van der Waals surface area contributed by atoms with Crippen LogP contribution in [0, 0.1) is 0 Å². The number of hydrogen-bond acceptors (Lipinski definition) is 7. The summed E-state index contributed by atoms with van der Waals surface area (Å²) in [5.74, 6) is 0.278. The molecule has 0 unspecified atom stereocenters. The molecule has 0 heterocycles. The Kier molecular flexibility index (Phi) is 11.2. The van der Waals surface area contributed by atoms with E-state index in [0.29, 0.717) is 40.7 Å². The molecule has 0 aromatic heterocycles. The molecule has 3 rings (SSSR count). The summed E-state index contributed by atoms with van der Waals surface area (Å²) in [7, 11) is 3.06. The zero-order chi connectivity index (χ0) is 28.0. The highest BCUT2D eigenvalue weighted by Crippen LogP contribution is 2.27. The van der Waals surface area contributed by atoms with Crippen molar-refractivity contribution in [3.63, 3.8) is 0 Å². The Morgan fingerprint density at radius 1 is 0.923 bits per heavy atom. The lowest BCUT2D eigenvalue weighted by Gasteiger charge is -2.13. The van der Waals surface area contributed by atoms with E-state index in [9.17, 15) is 14.4 Å². The summed E-state index contributed by atoms with van der Waals surface area (Å²) in [6.07, 6.45) is 4.65. The number of carbonyl (C=O) groups is 3. The molecular formula is C30H30N2O6S. The first-order valence-corrected chi connectivity index (χ1v) is 13.1. The molecule has 0 saturated carbocycles. The van der Waals surface area contributed by atoms with E-state index < -0.39 is 11.8 Å². The fourth-order valence-corrected chi connectivity index (χ4v) is 4.16. The first kappa shape index (κ1) is 29.1. The minimum atomic E-state index is -0.520. The van der Waals surface area contributed by atoms with Gasteiger partial charge in [-0.1, -0.05) is 30.3 Å². The van der Waals surface area contributed by atoms with E-state index in [1.165, 1.54) is 38.1 Å². The number of nitrogens with one attached hydrogen (secondary N) is 2. The van der Waals surface area contributed by atoms with Crippen LogP contribution >= 0.6 is 11.8 Å². The topological polar surface area (TPSA) is 103 Å². The zero-order valence-corrected chi connectivity index (χ0v) is 22.7. The molecule has 0 spiro atoms. The first-order chi connectivity index (χ1) is 18.9. The van der Waals surface area contributed by atoms with Gasteiger partial charge < -0.3 is 24.8 Å². The average molecular weight is 547 g/mol. The lowest BCUT2D eigenvalue weighted by molar-refractivity contribution is -0.137. The molecule has 0 aliphatic heterocycles. The molecule has 3 aromatic rings. The van der Waals surface area contributed by atoms with Crippen molar-refractivity contribution < 1.29 is 28.6 Å². The molecule has 2 N–H and O–H groups in total. The molecular weight excluding hydrogens is 516 g/mol. The van der Waals surface area contributed by atoms with E-state index in [1.807, 2.05) is 18.2 Å². The van der Waals surface area contributed by atoms with Crippen molar-refractivity contribution in [3.05, 3.63) is 102 Å². The zero-order valence-electron chi connectivity index (χ0n) is 21.9. The minimum absolute atomic E-state index is 0.0193. The van der Waals surface area contributed by atoms with Crippen LogP contribution < -0.4 is 20.1 Å². The third kappa shape index (κ3) is 9.08. The van der Waals surface area contributed by atoms with Crippen molar-refractivity contribution in [3.8, 4) is 11.5 Å². The Morgan fingerprint density at radius 2 is 1.72 bits per heavy atom. The van der Waals surface area contributed by atoms with Gasteiger partial charge in [0.1, 0.15) is 17.2 Å². The smallest absolute Gasteiger partial charge is 0.330 e. The largest absolute Gasteiger partial charge is 0.497 e. The van der Waals surface area contributed by atoms with Gasteiger partial charge in [0.25, 0.3) is 11.8 Å². The second-order valence-electron chi connectivity index (χ2n) is 7.93. The van der Waals surface area contributed by atoms with Gasteiger partial charge >= 0.3 is 5.97 Å². The van der Waals surface area contributed by atoms with E-state index in [4.69, 9.17) is 14.2 Å². The minimum Gasteiger partial charge on any atom is -0.497 e. The highest BCUT2D eigenvalue weighted by atomic mass is 32.2. The molecule has 0 atom stereocenters. The predicted molar refractivity (Wildman–Crippen MR) is 153 cm³/mol. The Bertz CT molecular complexity index is 1350. The number of hydrogen-bond donors (Lipinski definition) is 2. The maximum absolute atomic E-state index is 13.4. The van der Waals surface area contributed by atoms with Gasteiger partial charge in [-0.15, -0.1) is 11.8 Å². The Hall–Kier alpha value is -4.50. The van der Waals surface area contributed by atoms with Crippen molar-refractivity contribution in [2.45, 2.75) is 11.8 Å². The van der Waals surface area contributed by atoms with Crippen LogP contribution in [0.3, 0.4) is 0 Å². The van der Waals surface area contributed by atoms with Crippen molar-refractivity contribution >= 4 is 41.3 Å². The number of anilines is 1. The van der Waals surface area contributed by atoms with Crippen LogP contribution in [0.1, 0.15) is 22.8 Å². The maximum Gasteiger partial charge on any atom is 0.330 e. The number of ether oxygens (including phenoxy) is 3. The maximum atomic E-state index is 13.4. The number of rotatable bonds is 12.